The summed E-state index contributed by atoms with van der Waals surface area (Å²) in [7, 11) is 0. The van der Waals surface area contributed by atoms with Crippen LogP contribution in [0.2, 0.25) is 0 Å². The van der Waals surface area contributed by atoms with Crippen LogP contribution in [0.4, 0.5) is 0 Å². The van der Waals surface area contributed by atoms with Gasteiger partial charge in [0.1, 0.15) is 5.71 Å². The Morgan fingerprint density at radius 3 is 2.26 bits per heavy atom. The van der Waals surface area contributed by atoms with Crippen molar-refractivity contribution >= 4 is 11.7 Å². The molecule has 4 nitrogen and oxygen atoms in total. The van der Waals surface area contributed by atoms with Crippen molar-refractivity contribution in [3.05, 3.63) is 71.3 Å². The molecule has 0 unspecified atom stereocenters. The van der Waals surface area contributed by atoms with Crippen LogP contribution in [0.3, 0.4) is 0 Å². The summed E-state index contributed by atoms with van der Waals surface area (Å²) in [6.07, 6.45) is -0.109. The molecule has 4 heteroatoms. The highest BCUT2D eigenvalue weighted by Crippen LogP contribution is 2.16. The summed E-state index contributed by atoms with van der Waals surface area (Å²) in [6, 6.07) is 16.2. The van der Waals surface area contributed by atoms with E-state index in [0.29, 0.717) is 16.8 Å². The SMILES string of the molecule is O=C(O)Cc1ccccc1C(=NO)c1ccccc1. The van der Waals surface area contributed by atoms with Gasteiger partial charge in [-0.3, -0.25) is 4.79 Å². The van der Waals surface area contributed by atoms with Crippen molar-refractivity contribution in [3.8, 4) is 0 Å². The van der Waals surface area contributed by atoms with Gasteiger partial charge in [-0.25, -0.2) is 0 Å². The first-order valence-electron chi connectivity index (χ1n) is 5.80. The van der Waals surface area contributed by atoms with Gasteiger partial charge in [-0.2, -0.15) is 0 Å². The predicted octanol–water partition coefficient (Wildman–Crippen LogP) is 2.54. The van der Waals surface area contributed by atoms with Gasteiger partial charge in [0.15, 0.2) is 0 Å². The molecular formula is C15H13NO3. The van der Waals surface area contributed by atoms with Crippen LogP contribution in [0, 0.1) is 0 Å². The number of aliphatic carboxylic acids is 1. The normalized spacial score (nSPS) is 11.3. The summed E-state index contributed by atoms with van der Waals surface area (Å²) in [6.45, 7) is 0. The fraction of sp³-hybridized carbons (Fsp3) is 0.0667. The van der Waals surface area contributed by atoms with Crippen LogP contribution in [0.1, 0.15) is 16.7 Å². The van der Waals surface area contributed by atoms with Crippen LogP contribution in [0.25, 0.3) is 0 Å². The summed E-state index contributed by atoms with van der Waals surface area (Å²) in [4.78, 5) is 10.9. The number of hydrogen-bond donors (Lipinski definition) is 2. The molecule has 19 heavy (non-hydrogen) atoms. The van der Waals surface area contributed by atoms with Gasteiger partial charge in [-0.1, -0.05) is 59.8 Å². The molecule has 0 aliphatic rings. The third-order valence-electron chi connectivity index (χ3n) is 2.76. The molecule has 0 aliphatic heterocycles. The van der Waals surface area contributed by atoms with Gasteiger partial charge in [0.05, 0.1) is 6.42 Å². The number of rotatable bonds is 4. The molecule has 2 aromatic carbocycles. The van der Waals surface area contributed by atoms with Crippen LogP contribution in [-0.2, 0) is 11.2 Å². The minimum Gasteiger partial charge on any atom is -0.481 e. The minimum atomic E-state index is -0.919. The number of benzene rings is 2. The molecule has 0 aromatic heterocycles. The molecule has 96 valence electrons. The van der Waals surface area contributed by atoms with Crippen molar-refractivity contribution in [2.24, 2.45) is 5.16 Å². The summed E-state index contributed by atoms with van der Waals surface area (Å²) in [5, 5.41) is 21.5. The average Bonchev–Trinajstić information content (AvgIpc) is 2.42. The van der Waals surface area contributed by atoms with E-state index in [0.717, 1.165) is 5.56 Å². The lowest BCUT2D eigenvalue weighted by atomic mass is 9.96. The Morgan fingerprint density at radius 2 is 1.63 bits per heavy atom. The highest BCUT2D eigenvalue weighted by molar-refractivity contribution is 6.13. The zero-order valence-corrected chi connectivity index (χ0v) is 10.2. The van der Waals surface area contributed by atoms with Gasteiger partial charge in [-0.05, 0) is 5.56 Å². The first-order valence-corrected chi connectivity index (χ1v) is 5.80. The highest BCUT2D eigenvalue weighted by atomic mass is 16.4. The molecule has 2 rings (SSSR count). The quantitative estimate of drug-likeness (QED) is 0.501. The lowest BCUT2D eigenvalue weighted by Crippen LogP contribution is -2.10. The summed E-state index contributed by atoms with van der Waals surface area (Å²) in [5.41, 5.74) is 2.35. The van der Waals surface area contributed by atoms with Crippen molar-refractivity contribution in [3.63, 3.8) is 0 Å². The molecular weight excluding hydrogens is 242 g/mol. The molecule has 0 fully saturated rings. The number of nitrogens with zero attached hydrogens (tertiary/aromatic N) is 1. The molecule has 0 aliphatic carbocycles. The van der Waals surface area contributed by atoms with Gasteiger partial charge in [0, 0.05) is 11.1 Å². The van der Waals surface area contributed by atoms with E-state index < -0.39 is 5.97 Å². The lowest BCUT2D eigenvalue weighted by Gasteiger charge is -2.09. The maximum atomic E-state index is 10.9. The molecule has 0 bridgehead atoms. The fourth-order valence-electron chi connectivity index (χ4n) is 1.93. The fourth-order valence-corrected chi connectivity index (χ4v) is 1.93. The molecule has 0 atom stereocenters. The second-order valence-electron chi connectivity index (χ2n) is 4.04. The van der Waals surface area contributed by atoms with E-state index in [1.54, 1.807) is 24.3 Å². The second-order valence-corrected chi connectivity index (χ2v) is 4.04. The van der Waals surface area contributed by atoms with E-state index in [-0.39, 0.29) is 6.42 Å². The smallest absolute Gasteiger partial charge is 0.307 e. The number of carbonyl (C=O) groups is 1. The van der Waals surface area contributed by atoms with Crippen LogP contribution < -0.4 is 0 Å². The van der Waals surface area contributed by atoms with Gasteiger partial charge >= 0.3 is 5.97 Å². The van der Waals surface area contributed by atoms with Crippen molar-refractivity contribution in [1.82, 2.24) is 0 Å². The third kappa shape index (κ3) is 2.98. The summed E-state index contributed by atoms with van der Waals surface area (Å²) < 4.78 is 0. The Balaban J connectivity index is 2.48. The highest BCUT2D eigenvalue weighted by Gasteiger charge is 2.13. The summed E-state index contributed by atoms with van der Waals surface area (Å²) in [5.74, 6) is -0.919. The molecule has 2 aromatic rings. The lowest BCUT2D eigenvalue weighted by molar-refractivity contribution is -0.136. The monoisotopic (exact) mass is 255 g/mol. The molecule has 0 heterocycles. The molecule has 0 radical (unpaired) electrons. The van der Waals surface area contributed by atoms with Crippen LogP contribution in [-0.4, -0.2) is 22.0 Å². The minimum absolute atomic E-state index is 0.109. The van der Waals surface area contributed by atoms with Gasteiger partial charge in [0.25, 0.3) is 0 Å². The molecule has 0 spiro atoms. The van der Waals surface area contributed by atoms with Crippen molar-refractivity contribution < 1.29 is 15.1 Å². The largest absolute Gasteiger partial charge is 0.481 e. The van der Waals surface area contributed by atoms with Crippen molar-refractivity contribution in [2.75, 3.05) is 0 Å². The number of hydrogen-bond acceptors (Lipinski definition) is 3. The van der Waals surface area contributed by atoms with Gasteiger partial charge < -0.3 is 10.3 Å². The van der Waals surface area contributed by atoms with Crippen LogP contribution in [0.15, 0.2) is 59.8 Å². The second kappa shape index (κ2) is 5.82. The Labute approximate surface area is 110 Å². The van der Waals surface area contributed by atoms with E-state index in [1.807, 2.05) is 30.3 Å². The number of oxime groups is 1. The first-order chi connectivity index (χ1) is 9.22. The Hall–Kier alpha value is -2.62. The first kappa shape index (κ1) is 12.8. The molecule has 0 saturated heterocycles. The van der Waals surface area contributed by atoms with E-state index in [4.69, 9.17) is 5.11 Å². The Morgan fingerprint density at radius 1 is 1.00 bits per heavy atom. The summed E-state index contributed by atoms with van der Waals surface area (Å²) >= 11 is 0. The number of carboxylic acids is 1. The third-order valence-corrected chi connectivity index (χ3v) is 2.76. The zero-order chi connectivity index (χ0) is 13.7. The predicted molar refractivity (Wildman–Crippen MR) is 71.6 cm³/mol. The average molecular weight is 255 g/mol. The Bertz CT molecular complexity index is 606. The maximum Gasteiger partial charge on any atom is 0.307 e. The zero-order valence-electron chi connectivity index (χ0n) is 10.2. The van der Waals surface area contributed by atoms with Crippen molar-refractivity contribution in [1.29, 1.82) is 0 Å². The standard InChI is InChI=1S/C15H13NO3/c17-14(18)10-12-8-4-5-9-13(12)15(16-19)11-6-2-1-3-7-11/h1-9,19H,10H2,(H,17,18). The van der Waals surface area contributed by atoms with E-state index in [9.17, 15) is 10.0 Å². The Kier molecular flexibility index (Phi) is 3.93. The van der Waals surface area contributed by atoms with Gasteiger partial charge in [-0.15, -0.1) is 0 Å². The molecule has 0 saturated carbocycles. The van der Waals surface area contributed by atoms with Crippen LogP contribution in [0.5, 0.6) is 0 Å². The van der Waals surface area contributed by atoms with E-state index >= 15 is 0 Å². The molecule has 0 amide bonds. The van der Waals surface area contributed by atoms with Crippen LogP contribution >= 0.6 is 0 Å². The van der Waals surface area contributed by atoms with Crippen molar-refractivity contribution in [2.45, 2.75) is 6.42 Å². The van der Waals surface area contributed by atoms with Gasteiger partial charge in [0.2, 0.25) is 0 Å². The van der Waals surface area contributed by atoms with E-state index in [1.165, 1.54) is 0 Å². The topological polar surface area (TPSA) is 69.9 Å². The maximum absolute atomic E-state index is 10.9. The number of carboxylic acid groups (broad SMARTS) is 1. The molecule has 2 N–H and O–H groups in total. The van der Waals surface area contributed by atoms with E-state index in [2.05, 4.69) is 5.16 Å².